The first kappa shape index (κ1) is 18.2. The summed E-state index contributed by atoms with van der Waals surface area (Å²) in [6.07, 6.45) is 1.11. The minimum Gasteiger partial charge on any atom is -0.351 e. The van der Waals surface area contributed by atoms with Gasteiger partial charge in [0.1, 0.15) is 0 Å². The number of benzene rings is 2. The van der Waals surface area contributed by atoms with Crippen LogP contribution in [0.4, 0.5) is 0 Å². The van der Waals surface area contributed by atoms with Crippen molar-refractivity contribution in [2.45, 2.75) is 13.3 Å². The highest BCUT2D eigenvalue weighted by molar-refractivity contribution is 5.94. The van der Waals surface area contributed by atoms with Crippen molar-refractivity contribution >= 4 is 18.3 Å². The first-order chi connectivity index (χ1) is 10.3. The molecular formula is C18H23ClN2O. The van der Waals surface area contributed by atoms with Crippen molar-refractivity contribution in [2.75, 3.05) is 19.6 Å². The van der Waals surface area contributed by atoms with Crippen LogP contribution in [0.5, 0.6) is 0 Å². The lowest BCUT2D eigenvalue weighted by atomic mass is 10.0. The lowest BCUT2D eigenvalue weighted by Crippen LogP contribution is -2.32. The molecule has 0 saturated carbocycles. The molecule has 0 spiro atoms. The zero-order chi connectivity index (χ0) is 14.9. The molecule has 0 saturated heterocycles. The van der Waals surface area contributed by atoms with Gasteiger partial charge in [-0.3, -0.25) is 4.79 Å². The van der Waals surface area contributed by atoms with E-state index in [4.69, 9.17) is 0 Å². The van der Waals surface area contributed by atoms with E-state index in [2.05, 4.69) is 29.7 Å². The predicted molar refractivity (Wildman–Crippen MR) is 94.6 cm³/mol. The second-order valence-corrected chi connectivity index (χ2v) is 4.95. The molecule has 22 heavy (non-hydrogen) atoms. The van der Waals surface area contributed by atoms with E-state index in [1.54, 1.807) is 0 Å². The summed E-state index contributed by atoms with van der Waals surface area (Å²) in [7, 11) is 0. The van der Waals surface area contributed by atoms with Gasteiger partial charge in [-0.2, -0.15) is 0 Å². The summed E-state index contributed by atoms with van der Waals surface area (Å²) in [5.41, 5.74) is 2.98. The van der Waals surface area contributed by atoms with Crippen LogP contribution in [0.15, 0.2) is 54.6 Å². The normalized spacial score (nSPS) is 9.86. The van der Waals surface area contributed by atoms with Gasteiger partial charge in [0.05, 0.1) is 0 Å². The Balaban J connectivity index is 0.00000242. The van der Waals surface area contributed by atoms with E-state index in [0.29, 0.717) is 12.1 Å². The Morgan fingerprint density at radius 1 is 0.864 bits per heavy atom. The molecule has 118 valence electrons. The summed E-state index contributed by atoms with van der Waals surface area (Å²) < 4.78 is 0. The number of amides is 1. The minimum atomic E-state index is -0.0205. The number of hydrogen-bond donors (Lipinski definition) is 2. The fourth-order valence-electron chi connectivity index (χ4n) is 2.11. The minimum absolute atomic E-state index is 0. The van der Waals surface area contributed by atoms with Crippen LogP contribution in [-0.4, -0.2) is 25.5 Å². The fraction of sp³-hybridized carbons (Fsp3) is 0.278. The maximum Gasteiger partial charge on any atom is 0.251 e. The molecule has 2 aromatic carbocycles. The zero-order valence-corrected chi connectivity index (χ0v) is 13.7. The molecule has 0 aliphatic rings. The van der Waals surface area contributed by atoms with Crippen molar-refractivity contribution in [2.24, 2.45) is 0 Å². The molecule has 0 aliphatic carbocycles. The highest BCUT2D eigenvalue weighted by Crippen LogP contribution is 2.19. The van der Waals surface area contributed by atoms with Gasteiger partial charge in [0.2, 0.25) is 0 Å². The molecule has 0 atom stereocenters. The molecule has 4 heteroatoms. The van der Waals surface area contributed by atoms with Crippen LogP contribution in [-0.2, 0) is 0 Å². The maximum absolute atomic E-state index is 12.0. The Kier molecular flexibility index (Phi) is 8.26. The molecule has 2 rings (SSSR count). The summed E-state index contributed by atoms with van der Waals surface area (Å²) in [6.45, 7) is 4.57. The quantitative estimate of drug-likeness (QED) is 0.767. The summed E-state index contributed by atoms with van der Waals surface area (Å²) in [4.78, 5) is 12.0. The molecule has 2 aromatic rings. The van der Waals surface area contributed by atoms with Crippen molar-refractivity contribution in [3.8, 4) is 11.1 Å². The third-order valence-electron chi connectivity index (χ3n) is 3.27. The van der Waals surface area contributed by atoms with E-state index in [-0.39, 0.29) is 18.3 Å². The van der Waals surface area contributed by atoms with E-state index >= 15 is 0 Å². The summed E-state index contributed by atoms with van der Waals surface area (Å²) >= 11 is 0. The molecule has 0 heterocycles. The molecule has 0 bridgehead atoms. The van der Waals surface area contributed by atoms with Crippen LogP contribution in [0.25, 0.3) is 11.1 Å². The van der Waals surface area contributed by atoms with Gasteiger partial charge in [0.25, 0.3) is 5.91 Å². The molecule has 2 N–H and O–H groups in total. The van der Waals surface area contributed by atoms with Crippen LogP contribution < -0.4 is 10.6 Å². The van der Waals surface area contributed by atoms with Gasteiger partial charge in [-0.05, 0) is 36.2 Å². The number of halogens is 1. The van der Waals surface area contributed by atoms with Crippen LogP contribution >= 0.6 is 12.4 Å². The number of nitrogens with one attached hydrogen (secondary N) is 2. The van der Waals surface area contributed by atoms with Crippen molar-refractivity contribution < 1.29 is 4.79 Å². The predicted octanol–water partition coefficient (Wildman–Crippen LogP) is 3.50. The zero-order valence-electron chi connectivity index (χ0n) is 12.8. The number of carbonyl (C=O) groups is 1. The average Bonchev–Trinajstić information content (AvgIpc) is 2.55. The second kappa shape index (κ2) is 9.98. The number of hydrogen-bond acceptors (Lipinski definition) is 2. The number of rotatable bonds is 7. The van der Waals surface area contributed by atoms with Gasteiger partial charge < -0.3 is 10.6 Å². The van der Waals surface area contributed by atoms with Crippen LogP contribution in [0.2, 0.25) is 0 Å². The Bertz CT molecular complexity index is 555. The van der Waals surface area contributed by atoms with Gasteiger partial charge >= 0.3 is 0 Å². The van der Waals surface area contributed by atoms with Gasteiger partial charge in [0.15, 0.2) is 0 Å². The highest BCUT2D eigenvalue weighted by Gasteiger charge is 2.04. The van der Waals surface area contributed by atoms with E-state index in [1.165, 1.54) is 0 Å². The lowest BCUT2D eigenvalue weighted by Gasteiger charge is -2.07. The highest BCUT2D eigenvalue weighted by atomic mass is 35.5. The maximum atomic E-state index is 12.0. The van der Waals surface area contributed by atoms with E-state index in [1.807, 2.05) is 42.5 Å². The van der Waals surface area contributed by atoms with Gasteiger partial charge in [-0.15, -0.1) is 12.4 Å². The smallest absolute Gasteiger partial charge is 0.251 e. The molecule has 1 amide bonds. The van der Waals surface area contributed by atoms with Crippen molar-refractivity contribution in [3.63, 3.8) is 0 Å². The number of carbonyl (C=O) groups excluding carboxylic acids is 1. The SMILES string of the molecule is CCCNCCNC(=O)c1ccc(-c2ccccc2)cc1.Cl. The second-order valence-electron chi connectivity index (χ2n) is 4.95. The first-order valence-corrected chi connectivity index (χ1v) is 7.45. The van der Waals surface area contributed by atoms with Crippen molar-refractivity contribution in [3.05, 3.63) is 60.2 Å². The molecule has 0 aromatic heterocycles. The van der Waals surface area contributed by atoms with Crippen molar-refractivity contribution in [1.29, 1.82) is 0 Å². The van der Waals surface area contributed by atoms with Gasteiger partial charge in [-0.25, -0.2) is 0 Å². The summed E-state index contributed by atoms with van der Waals surface area (Å²) in [5, 5.41) is 6.17. The molecule has 0 fully saturated rings. The molecule has 0 aliphatic heterocycles. The monoisotopic (exact) mass is 318 g/mol. The topological polar surface area (TPSA) is 41.1 Å². The average molecular weight is 319 g/mol. The van der Waals surface area contributed by atoms with Gasteiger partial charge in [0, 0.05) is 18.7 Å². The lowest BCUT2D eigenvalue weighted by molar-refractivity contribution is 0.0954. The summed E-state index contributed by atoms with van der Waals surface area (Å²) in [6, 6.07) is 17.9. The Hall–Kier alpha value is -1.84. The standard InChI is InChI=1S/C18H22N2O.ClH/c1-2-12-19-13-14-20-18(21)17-10-8-16(9-11-17)15-6-4-3-5-7-15;/h3-11,19H,2,12-14H2,1H3,(H,20,21);1H. The Morgan fingerprint density at radius 2 is 1.50 bits per heavy atom. The van der Waals surface area contributed by atoms with Crippen LogP contribution in [0.1, 0.15) is 23.7 Å². The third-order valence-corrected chi connectivity index (χ3v) is 3.27. The van der Waals surface area contributed by atoms with Gasteiger partial charge in [-0.1, -0.05) is 49.4 Å². The van der Waals surface area contributed by atoms with E-state index < -0.39 is 0 Å². The molecule has 0 unspecified atom stereocenters. The van der Waals surface area contributed by atoms with E-state index in [9.17, 15) is 4.79 Å². The molecule has 0 radical (unpaired) electrons. The third kappa shape index (κ3) is 5.51. The largest absolute Gasteiger partial charge is 0.351 e. The molecular weight excluding hydrogens is 296 g/mol. The Labute approximate surface area is 138 Å². The van der Waals surface area contributed by atoms with Crippen LogP contribution in [0, 0.1) is 0 Å². The Morgan fingerprint density at radius 3 is 2.14 bits per heavy atom. The first-order valence-electron chi connectivity index (χ1n) is 7.45. The van der Waals surface area contributed by atoms with E-state index in [0.717, 1.165) is 30.6 Å². The fourth-order valence-corrected chi connectivity index (χ4v) is 2.11. The van der Waals surface area contributed by atoms with Crippen LogP contribution in [0.3, 0.4) is 0 Å². The summed E-state index contributed by atoms with van der Waals surface area (Å²) in [5.74, 6) is -0.0205. The van der Waals surface area contributed by atoms with Crippen molar-refractivity contribution in [1.82, 2.24) is 10.6 Å². The molecule has 3 nitrogen and oxygen atoms in total.